The Balaban J connectivity index is 1.54. The molecular weight excluding hydrogens is 298 g/mol. The number of rotatable bonds is 4. The van der Waals surface area contributed by atoms with E-state index in [0.717, 1.165) is 28.3 Å². The maximum absolute atomic E-state index is 4.45. The van der Waals surface area contributed by atoms with E-state index < -0.39 is 0 Å². The van der Waals surface area contributed by atoms with Gasteiger partial charge in [0.1, 0.15) is 5.82 Å². The standard InChI is InChI=1S/C19H15N5/c1-2-6-14(7-3-1)19-22-11-15(12-23-19)17-13-21-18(24-17)10-16-8-4-5-9-20-16/h1-9,11-13H,10H2,(H,21,24). The van der Waals surface area contributed by atoms with E-state index in [9.17, 15) is 0 Å². The van der Waals surface area contributed by atoms with Crippen LogP contribution in [-0.2, 0) is 6.42 Å². The summed E-state index contributed by atoms with van der Waals surface area (Å²) in [5, 5.41) is 0. The summed E-state index contributed by atoms with van der Waals surface area (Å²) in [6.45, 7) is 0. The molecule has 0 atom stereocenters. The molecule has 0 fully saturated rings. The van der Waals surface area contributed by atoms with Gasteiger partial charge >= 0.3 is 0 Å². The third-order valence-corrected chi connectivity index (χ3v) is 3.70. The molecule has 0 aliphatic rings. The van der Waals surface area contributed by atoms with Gasteiger partial charge in [-0.3, -0.25) is 4.98 Å². The van der Waals surface area contributed by atoms with Gasteiger partial charge in [-0.15, -0.1) is 0 Å². The molecule has 5 nitrogen and oxygen atoms in total. The second kappa shape index (κ2) is 6.42. The number of pyridine rings is 1. The minimum atomic E-state index is 0.670. The Morgan fingerprint density at radius 1 is 0.708 bits per heavy atom. The first-order chi connectivity index (χ1) is 11.9. The Kier molecular flexibility index (Phi) is 3.81. The number of nitrogens with one attached hydrogen (secondary N) is 1. The Morgan fingerprint density at radius 3 is 2.25 bits per heavy atom. The van der Waals surface area contributed by atoms with Crippen LogP contribution in [0.2, 0.25) is 0 Å². The van der Waals surface area contributed by atoms with Gasteiger partial charge in [0.15, 0.2) is 5.82 Å². The molecule has 0 amide bonds. The van der Waals surface area contributed by atoms with Gasteiger partial charge in [0.25, 0.3) is 0 Å². The Morgan fingerprint density at radius 2 is 1.50 bits per heavy atom. The molecule has 116 valence electrons. The van der Waals surface area contributed by atoms with Crippen LogP contribution in [0.4, 0.5) is 0 Å². The first kappa shape index (κ1) is 14.3. The summed E-state index contributed by atoms with van der Waals surface area (Å²) >= 11 is 0. The monoisotopic (exact) mass is 313 g/mol. The zero-order valence-corrected chi connectivity index (χ0v) is 12.9. The van der Waals surface area contributed by atoms with Crippen LogP contribution in [0.1, 0.15) is 11.5 Å². The van der Waals surface area contributed by atoms with Gasteiger partial charge in [-0.2, -0.15) is 0 Å². The molecule has 24 heavy (non-hydrogen) atoms. The molecule has 0 spiro atoms. The van der Waals surface area contributed by atoms with Crippen molar-refractivity contribution >= 4 is 0 Å². The number of aromatic nitrogens is 5. The summed E-state index contributed by atoms with van der Waals surface area (Å²) in [5.74, 6) is 1.59. The van der Waals surface area contributed by atoms with Gasteiger partial charge in [-0.1, -0.05) is 36.4 Å². The minimum absolute atomic E-state index is 0.670. The van der Waals surface area contributed by atoms with Crippen molar-refractivity contribution in [2.45, 2.75) is 6.42 Å². The first-order valence-electron chi connectivity index (χ1n) is 7.70. The molecule has 0 saturated carbocycles. The van der Waals surface area contributed by atoms with Gasteiger partial charge in [-0.05, 0) is 12.1 Å². The summed E-state index contributed by atoms with van der Waals surface area (Å²) in [7, 11) is 0. The molecule has 4 rings (SSSR count). The lowest BCUT2D eigenvalue weighted by Gasteiger charge is -2.01. The van der Waals surface area contributed by atoms with Crippen molar-refractivity contribution in [1.82, 2.24) is 24.9 Å². The molecule has 5 heteroatoms. The average Bonchev–Trinajstić information content (AvgIpc) is 3.12. The largest absolute Gasteiger partial charge is 0.342 e. The first-order valence-corrected chi connectivity index (χ1v) is 7.70. The molecular formula is C19H15N5. The lowest BCUT2D eigenvalue weighted by molar-refractivity contribution is 0.977. The maximum Gasteiger partial charge on any atom is 0.159 e. The lowest BCUT2D eigenvalue weighted by atomic mass is 10.2. The van der Waals surface area contributed by atoms with Crippen LogP contribution in [0.25, 0.3) is 22.6 Å². The van der Waals surface area contributed by atoms with Gasteiger partial charge < -0.3 is 4.98 Å². The van der Waals surface area contributed by atoms with E-state index in [1.54, 1.807) is 12.4 Å². The molecule has 4 aromatic rings. The topological polar surface area (TPSA) is 67.3 Å². The molecule has 0 unspecified atom stereocenters. The second-order valence-electron chi connectivity index (χ2n) is 5.40. The summed E-state index contributed by atoms with van der Waals surface area (Å²) in [6.07, 6.45) is 7.89. The van der Waals surface area contributed by atoms with Gasteiger partial charge in [-0.25, -0.2) is 15.0 Å². The fourth-order valence-corrected chi connectivity index (χ4v) is 2.48. The fraction of sp³-hybridized carbons (Fsp3) is 0.0526. The van der Waals surface area contributed by atoms with Crippen molar-refractivity contribution in [3.05, 3.63) is 84.8 Å². The van der Waals surface area contributed by atoms with Crippen LogP contribution in [0.15, 0.2) is 73.3 Å². The highest BCUT2D eigenvalue weighted by Crippen LogP contribution is 2.19. The van der Waals surface area contributed by atoms with Crippen molar-refractivity contribution in [3.8, 4) is 22.6 Å². The number of hydrogen-bond acceptors (Lipinski definition) is 4. The molecule has 3 heterocycles. The number of benzene rings is 1. The highest BCUT2D eigenvalue weighted by atomic mass is 14.9. The van der Waals surface area contributed by atoms with Gasteiger partial charge in [0, 0.05) is 41.8 Å². The zero-order valence-electron chi connectivity index (χ0n) is 12.9. The molecule has 0 saturated heterocycles. The number of imidazole rings is 1. The normalized spacial score (nSPS) is 10.7. The molecule has 0 aliphatic heterocycles. The molecule has 0 aliphatic carbocycles. The van der Waals surface area contributed by atoms with E-state index in [1.165, 1.54) is 0 Å². The SMILES string of the molecule is c1ccc(-c2ncc(-c3cnc(Cc4ccccn4)[nH]3)cn2)cc1. The predicted octanol–water partition coefficient (Wildman–Crippen LogP) is 3.52. The van der Waals surface area contributed by atoms with E-state index in [1.807, 2.05) is 60.9 Å². The summed E-state index contributed by atoms with van der Waals surface area (Å²) in [6, 6.07) is 15.8. The quantitative estimate of drug-likeness (QED) is 0.626. The van der Waals surface area contributed by atoms with Crippen molar-refractivity contribution in [1.29, 1.82) is 0 Å². The van der Waals surface area contributed by atoms with Crippen molar-refractivity contribution in [2.75, 3.05) is 0 Å². The van der Waals surface area contributed by atoms with Crippen LogP contribution in [0.3, 0.4) is 0 Å². The maximum atomic E-state index is 4.45. The van der Waals surface area contributed by atoms with Crippen molar-refractivity contribution in [3.63, 3.8) is 0 Å². The molecule has 1 N–H and O–H groups in total. The van der Waals surface area contributed by atoms with E-state index in [2.05, 4.69) is 24.9 Å². The van der Waals surface area contributed by atoms with E-state index in [-0.39, 0.29) is 0 Å². The van der Waals surface area contributed by atoms with Crippen LogP contribution < -0.4 is 0 Å². The molecule has 1 aromatic carbocycles. The van der Waals surface area contributed by atoms with E-state index in [4.69, 9.17) is 0 Å². The second-order valence-corrected chi connectivity index (χ2v) is 5.40. The number of nitrogens with zero attached hydrogens (tertiary/aromatic N) is 4. The van der Waals surface area contributed by atoms with Crippen LogP contribution >= 0.6 is 0 Å². The summed E-state index contributed by atoms with van der Waals surface area (Å²) in [5.41, 5.74) is 3.80. The fourth-order valence-electron chi connectivity index (χ4n) is 2.48. The lowest BCUT2D eigenvalue weighted by Crippen LogP contribution is -1.93. The third kappa shape index (κ3) is 3.05. The van der Waals surface area contributed by atoms with Crippen molar-refractivity contribution < 1.29 is 0 Å². The van der Waals surface area contributed by atoms with Crippen molar-refractivity contribution in [2.24, 2.45) is 0 Å². The highest BCUT2D eigenvalue weighted by molar-refractivity contribution is 5.60. The number of hydrogen-bond donors (Lipinski definition) is 1. The molecule has 0 radical (unpaired) electrons. The van der Waals surface area contributed by atoms with Crippen LogP contribution in [0, 0.1) is 0 Å². The molecule has 0 bridgehead atoms. The third-order valence-electron chi connectivity index (χ3n) is 3.70. The van der Waals surface area contributed by atoms with Crippen LogP contribution in [0.5, 0.6) is 0 Å². The Labute approximate surface area is 139 Å². The van der Waals surface area contributed by atoms with E-state index >= 15 is 0 Å². The zero-order chi connectivity index (χ0) is 16.2. The highest BCUT2D eigenvalue weighted by Gasteiger charge is 2.07. The molecule has 3 aromatic heterocycles. The summed E-state index contributed by atoms with van der Waals surface area (Å²) in [4.78, 5) is 20.9. The predicted molar refractivity (Wildman–Crippen MR) is 92.1 cm³/mol. The van der Waals surface area contributed by atoms with Crippen LogP contribution in [-0.4, -0.2) is 24.9 Å². The van der Waals surface area contributed by atoms with E-state index in [0.29, 0.717) is 12.2 Å². The summed E-state index contributed by atoms with van der Waals surface area (Å²) < 4.78 is 0. The average molecular weight is 313 g/mol. The Bertz CT molecular complexity index is 915. The van der Waals surface area contributed by atoms with Gasteiger partial charge in [0.2, 0.25) is 0 Å². The minimum Gasteiger partial charge on any atom is -0.342 e. The van der Waals surface area contributed by atoms with Gasteiger partial charge in [0.05, 0.1) is 11.9 Å². The Hall–Kier alpha value is -3.34. The smallest absolute Gasteiger partial charge is 0.159 e. The number of H-pyrrole nitrogens is 1. The number of aromatic amines is 1.